The number of allylic oxidation sites excluding steroid dienone is 2. The van der Waals surface area contributed by atoms with Gasteiger partial charge in [-0.2, -0.15) is 0 Å². The van der Waals surface area contributed by atoms with E-state index in [0.29, 0.717) is 6.61 Å². The Labute approximate surface area is 218 Å². The summed E-state index contributed by atoms with van der Waals surface area (Å²) in [5.41, 5.74) is 2.45. The molecule has 3 atom stereocenters. The normalized spacial score (nSPS) is 22.8. The molecule has 1 saturated carbocycles. The van der Waals surface area contributed by atoms with Crippen LogP contribution in [0.5, 0.6) is 11.5 Å². The molecule has 5 rings (SSSR count). The summed E-state index contributed by atoms with van der Waals surface area (Å²) >= 11 is 0. The van der Waals surface area contributed by atoms with Gasteiger partial charge >= 0.3 is 11.9 Å². The van der Waals surface area contributed by atoms with Crippen LogP contribution < -0.4 is 9.47 Å². The molecule has 2 aliphatic carbocycles. The number of rotatable bonds is 8. The Morgan fingerprint density at radius 3 is 2.16 bits per heavy atom. The third-order valence-electron chi connectivity index (χ3n) is 7.43. The van der Waals surface area contributed by atoms with Gasteiger partial charge in [0, 0.05) is 39.3 Å². The SMILES string of the molecule is COc1ccc(CN2CCN(CC3CC4C=CC3C4)CC2)cc1OCc1ccccc1.O=C(O)C(=O)O. The summed E-state index contributed by atoms with van der Waals surface area (Å²) in [6.07, 6.45) is 7.76. The molecule has 0 aromatic heterocycles. The first-order valence-corrected chi connectivity index (χ1v) is 12.8. The van der Waals surface area contributed by atoms with E-state index in [4.69, 9.17) is 29.3 Å². The molecule has 37 heavy (non-hydrogen) atoms. The highest BCUT2D eigenvalue weighted by Crippen LogP contribution is 2.43. The van der Waals surface area contributed by atoms with Crippen LogP contribution in [0.25, 0.3) is 0 Å². The Morgan fingerprint density at radius 1 is 0.865 bits per heavy atom. The first-order valence-electron chi connectivity index (χ1n) is 12.8. The number of aliphatic carboxylic acids is 2. The van der Waals surface area contributed by atoms with E-state index >= 15 is 0 Å². The van der Waals surface area contributed by atoms with Crippen molar-refractivity contribution in [3.05, 3.63) is 71.8 Å². The number of carboxylic acids is 2. The average Bonchev–Trinajstić information content (AvgIpc) is 3.53. The van der Waals surface area contributed by atoms with Gasteiger partial charge in [0.15, 0.2) is 11.5 Å². The lowest BCUT2D eigenvalue weighted by molar-refractivity contribution is -0.159. The number of methoxy groups -OCH3 is 1. The van der Waals surface area contributed by atoms with E-state index in [2.05, 4.69) is 46.2 Å². The Hall–Kier alpha value is -3.36. The second-order valence-corrected chi connectivity index (χ2v) is 9.99. The number of piperazine rings is 1. The first-order chi connectivity index (χ1) is 17.9. The summed E-state index contributed by atoms with van der Waals surface area (Å²) in [5.74, 6) is 0.606. The lowest BCUT2D eigenvalue weighted by Crippen LogP contribution is -2.47. The molecule has 2 aromatic rings. The molecule has 0 radical (unpaired) electrons. The molecule has 2 aromatic carbocycles. The monoisotopic (exact) mass is 508 g/mol. The van der Waals surface area contributed by atoms with Crippen molar-refractivity contribution in [2.75, 3.05) is 39.8 Å². The molecule has 8 heteroatoms. The zero-order chi connectivity index (χ0) is 26.2. The van der Waals surface area contributed by atoms with Crippen LogP contribution in [0.2, 0.25) is 0 Å². The fourth-order valence-corrected chi connectivity index (χ4v) is 5.49. The van der Waals surface area contributed by atoms with Gasteiger partial charge in [0.05, 0.1) is 7.11 Å². The second kappa shape index (κ2) is 12.7. The van der Waals surface area contributed by atoms with Gasteiger partial charge in [-0.3, -0.25) is 4.90 Å². The lowest BCUT2D eigenvalue weighted by atomic mass is 9.93. The van der Waals surface area contributed by atoms with Crippen molar-refractivity contribution in [1.29, 1.82) is 0 Å². The van der Waals surface area contributed by atoms with Crippen LogP contribution in [0.1, 0.15) is 24.0 Å². The predicted octanol–water partition coefficient (Wildman–Crippen LogP) is 3.76. The molecule has 3 unspecified atom stereocenters. The van der Waals surface area contributed by atoms with Gasteiger partial charge in [0.1, 0.15) is 6.61 Å². The zero-order valence-electron chi connectivity index (χ0n) is 21.3. The van der Waals surface area contributed by atoms with E-state index in [-0.39, 0.29) is 0 Å². The van der Waals surface area contributed by atoms with Gasteiger partial charge in [-0.05, 0) is 53.9 Å². The van der Waals surface area contributed by atoms with Crippen LogP contribution in [-0.2, 0) is 22.7 Å². The summed E-state index contributed by atoms with van der Waals surface area (Å²) < 4.78 is 11.6. The number of carbonyl (C=O) groups is 2. The van der Waals surface area contributed by atoms with Gasteiger partial charge in [0.25, 0.3) is 0 Å². The number of hydrogen-bond acceptors (Lipinski definition) is 6. The molecule has 0 amide bonds. The van der Waals surface area contributed by atoms with E-state index in [1.807, 2.05) is 24.3 Å². The van der Waals surface area contributed by atoms with Crippen LogP contribution >= 0.6 is 0 Å². The smallest absolute Gasteiger partial charge is 0.414 e. The van der Waals surface area contributed by atoms with E-state index in [1.54, 1.807) is 7.11 Å². The minimum Gasteiger partial charge on any atom is -0.493 e. The largest absolute Gasteiger partial charge is 0.493 e. The molecule has 198 valence electrons. The number of ether oxygens (including phenoxy) is 2. The van der Waals surface area contributed by atoms with E-state index in [0.717, 1.165) is 54.5 Å². The molecule has 1 aliphatic heterocycles. The van der Waals surface area contributed by atoms with Crippen molar-refractivity contribution >= 4 is 11.9 Å². The van der Waals surface area contributed by atoms with E-state index < -0.39 is 11.9 Å². The Bertz CT molecular complexity index is 1070. The summed E-state index contributed by atoms with van der Waals surface area (Å²) in [4.78, 5) is 23.5. The predicted molar refractivity (Wildman–Crippen MR) is 140 cm³/mol. The highest BCUT2D eigenvalue weighted by molar-refractivity contribution is 6.27. The molecule has 2 bridgehead atoms. The standard InChI is InChI=1S/C27H34N2O2.C2H2O4/c1-30-26-10-8-23(17-27(26)31-20-21-5-3-2-4-6-21)18-28-11-13-29(14-12-28)19-25-16-22-7-9-24(25)15-22;3-1(4)2(5)6/h2-10,17,22,24-25H,11-16,18-20H2,1H3;(H,3,4)(H,5,6). The fraction of sp³-hybridized carbons (Fsp3) is 0.448. The third kappa shape index (κ3) is 7.57. The maximum absolute atomic E-state index is 9.10. The summed E-state index contributed by atoms with van der Waals surface area (Å²) in [7, 11) is 1.70. The number of fused-ring (bicyclic) bond motifs is 2. The summed E-state index contributed by atoms with van der Waals surface area (Å²) in [6, 6.07) is 16.6. The Morgan fingerprint density at radius 2 is 1.57 bits per heavy atom. The maximum atomic E-state index is 9.10. The van der Waals surface area contributed by atoms with Crippen molar-refractivity contribution < 1.29 is 29.3 Å². The zero-order valence-corrected chi connectivity index (χ0v) is 21.3. The molecule has 3 aliphatic rings. The van der Waals surface area contributed by atoms with Crippen molar-refractivity contribution in [2.24, 2.45) is 17.8 Å². The number of hydrogen-bond donors (Lipinski definition) is 2. The van der Waals surface area contributed by atoms with Crippen LogP contribution in [0, 0.1) is 17.8 Å². The highest BCUT2D eigenvalue weighted by atomic mass is 16.5. The second-order valence-electron chi connectivity index (χ2n) is 9.99. The van der Waals surface area contributed by atoms with Crippen LogP contribution in [0.4, 0.5) is 0 Å². The molecule has 1 heterocycles. The molecule has 2 fully saturated rings. The first kappa shape index (κ1) is 26.7. The maximum Gasteiger partial charge on any atom is 0.414 e. The van der Waals surface area contributed by atoms with Crippen molar-refractivity contribution in [3.8, 4) is 11.5 Å². The summed E-state index contributed by atoms with van der Waals surface area (Å²) in [6.45, 7) is 7.47. The van der Waals surface area contributed by atoms with Crippen LogP contribution in [0.15, 0.2) is 60.7 Å². The van der Waals surface area contributed by atoms with Crippen molar-refractivity contribution in [3.63, 3.8) is 0 Å². The quantitative estimate of drug-likeness (QED) is 0.411. The third-order valence-corrected chi connectivity index (χ3v) is 7.43. The molecule has 8 nitrogen and oxygen atoms in total. The Kier molecular flexibility index (Phi) is 9.19. The lowest BCUT2D eigenvalue weighted by Gasteiger charge is -2.37. The van der Waals surface area contributed by atoms with Gasteiger partial charge in [-0.1, -0.05) is 48.6 Å². The minimum absolute atomic E-state index is 0.553. The molecule has 0 spiro atoms. The number of nitrogens with zero attached hydrogens (tertiary/aromatic N) is 2. The number of carboxylic acid groups (broad SMARTS) is 2. The van der Waals surface area contributed by atoms with Crippen molar-refractivity contribution in [2.45, 2.75) is 26.0 Å². The van der Waals surface area contributed by atoms with Crippen molar-refractivity contribution in [1.82, 2.24) is 9.80 Å². The van der Waals surface area contributed by atoms with Crippen LogP contribution in [0.3, 0.4) is 0 Å². The average molecular weight is 509 g/mol. The fourth-order valence-electron chi connectivity index (χ4n) is 5.49. The molecule has 1 saturated heterocycles. The topological polar surface area (TPSA) is 99.5 Å². The molecular weight excluding hydrogens is 472 g/mol. The van der Waals surface area contributed by atoms with Crippen LogP contribution in [-0.4, -0.2) is 71.8 Å². The molecule has 2 N–H and O–H groups in total. The summed E-state index contributed by atoms with van der Waals surface area (Å²) in [5, 5.41) is 14.8. The van der Waals surface area contributed by atoms with Gasteiger partial charge in [-0.25, -0.2) is 9.59 Å². The van der Waals surface area contributed by atoms with E-state index in [1.165, 1.54) is 38.0 Å². The van der Waals surface area contributed by atoms with Gasteiger partial charge in [0.2, 0.25) is 0 Å². The van der Waals surface area contributed by atoms with E-state index in [9.17, 15) is 0 Å². The van der Waals surface area contributed by atoms with Gasteiger partial charge < -0.3 is 24.6 Å². The Balaban J connectivity index is 0.000000480. The minimum atomic E-state index is -1.82. The number of benzene rings is 2. The van der Waals surface area contributed by atoms with Gasteiger partial charge in [-0.15, -0.1) is 0 Å². The highest BCUT2D eigenvalue weighted by Gasteiger charge is 2.36. The molecular formula is C29H36N2O6.